The van der Waals surface area contributed by atoms with Gasteiger partial charge in [0.25, 0.3) is 0 Å². The standard InChI is InChI=1S/C13H18O6/c1-3-11(14)18-8-12(15)19-9(2)4-5-10-6-7-17-13(10)16/h3,9-10H,1,4-8H2,2H3. The van der Waals surface area contributed by atoms with E-state index in [0.717, 1.165) is 12.5 Å². The molecule has 0 spiro atoms. The first kappa shape index (κ1) is 15.2. The fourth-order valence-electron chi connectivity index (χ4n) is 1.74. The van der Waals surface area contributed by atoms with Crippen molar-refractivity contribution in [1.82, 2.24) is 0 Å². The zero-order chi connectivity index (χ0) is 14.3. The molecular formula is C13H18O6. The van der Waals surface area contributed by atoms with Crippen LogP contribution in [0.4, 0.5) is 0 Å². The second-order valence-electron chi connectivity index (χ2n) is 4.34. The Balaban J connectivity index is 2.17. The molecule has 0 aliphatic carbocycles. The zero-order valence-corrected chi connectivity index (χ0v) is 10.9. The lowest BCUT2D eigenvalue weighted by atomic mass is 10.0. The number of esters is 3. The summed E-state index contributed by atoms with van der Waals surface area (Å²) in [7, 11) is 0. The first-order valence-electron chi connectivity index (χ1n) is 6.18. The van der Waals surface area contributed by atoms with Crippen LogP contribution < -0.4 is 0 Å². The monoisotopic (exact) mass is 270 g/mol. The van der Waals surface area contributed by atoms with Gasteiger partial charge in [-0.2, -0.15) is 0 Å². The van der Waals surface area contributed by atoms with Crippen molar-refractivity contribution in [2.24, 2.45) is 5.92 Å². The predicted molar refractivity (Wildman–Crippen MR) is 65.0 cm³/mol. The summed E-state index contributed by atoms with van der Waals surface area (Å²) in [6.45, 7) is 4.98. The van der Waals surface area contributed by atoms with E-state index in [2.05, 4.69) is 11.3 Å². The maximum Gasteiger partial charge on any atom is 0.344 e. The van der Waals surface area contributed by atoms with E-state index in [9.17, 15) is 14.4 Å². The van der Waals surface area contributed by atoms with Gasteiger partial charge in [0.15, 0.2) is 6.61 Å². The number of cyclic esters (lactones) is 1. The second-order valence-corrected chi connectivity index (χ2v) is 4.34. The maximum atomic E-state index is 11.3. The van der Waals surface area contributed by atoms with Crippen molar-refractivity contribution in [3.8, 4) is 0 Å². The summed E-state index contributed by atoms with van der Waals surface area (Å²) in [4.78, 5) is 33.3. The molecule has 2 unspecified atom stereocenters. The lowest BCUT2D eigenvalue weighted by molar-refractivity contribution is -0.159. The van der Waals surface area contributed by atoms with Crippen LogP contribution in [0, 0.1) is 5.92 Å². The smallest absolute Gasteiger partial charge is 0.344 e. The quantitative estimate of drug-likeness (QED) is 0.390. The van der Waals surface area contributed by atoms with Gasteiger partial charge in [-0.05, 0) is 26.2 Å². The minimum Gasteiger partial charge on any atom is -0.465 e. The number of carbonyl (C=O) groups excluding carboxylic acids is 3. The third-order valence-corrected chi connectivity index (χ3v) is 2.80. The van der Waals surface area contributed by atoms with Crippen LogP contribution in [0.5, 0.6) is 0 Å². The van der Waals surface area contributed by atoms with Crippen LogP contribution in [0.3, 0.4) is 0 Å². The van der Waals surface area contributed by atoms with Gasteiger partial charge < -0.3 is 14.2 Å². The van der Waals surface area contributed by atoms with Crippen LogP contribution >= 0.6 is 0 Å². The number of rotatable bonds is 7. The van der Waals surface area contributed by atoms with E-state index < -0.39 is 18.5 Å². The van der Waals surface area contributed by atoms with Crippen molar-refractivity contribution in [2.75, 3.05) is 13.2 Å². The molecule has 0 N–H and O–H groups in total. The molecule has 1 rings (SSSR count). The summed E-state index contributed by atoms with van der Waals surface area (Å²) in [6, 6.07) is 0. The highest BCUT2D eigenvalue weighted by Crippen LogP contribution is 2.21. The normalized spacial score (nSPS) is 19.4. The maximum absolute atomic E-state index is 11.3. The van der Waals surface area contributed by atoms with E-state index >= 15 is 0 Å². The number of hydrogen-bond acceptors (Lipinski definition) is 6. The Kier molecular flexibility index (Phi) is 6.05. The van der Waals surface area contributed by atoms with Crippen LogP contribution in [0.25, 0.3) is 0 Å². The molecule has 0 bridgehead atoms. The van der Waals surface area contributed by atoms with Crippen LogP contribution in [-0.4, -0.2) is 37.2 Å². The molecule has 2 atom stereocenters. The largest absolute Gasteiger partial charge is 0.465 e. The average Bonchev–Trinajstić information content (AvgIpc) is 2.79. The first-order chi connectivity index (χ1) is 9.02. The molecule has 1 fully saturated rings. The Morgan fingerprint density at radius 3 is 2.89 bits per heavy atom. The molecule has 1 aliphatic heterocycles. The lowest BCUT2D eigenvalue weighted by Crippen LogP contribution is -2.21. The lowest BCUT2D eigenvalue weighted by Gasteiger charge is -2.14. The SMILES string of the molecule is C=CC(=O)OCC(=O)OC(C)CCC1CCOC1=O. The van der Waals surface area contributed by atoms with Gasteiger partial charge in [-0.25, -0.2) is 9.59 Å². The number of carbonyl (C=O) groups is 3. The van der Waals surface area contributed by atoms with Gasteiger partial charge in [-0.15, -0.1) is 0 Å². The molecule has 0 radical (unpaired) electrons. The molecule has 1 heterocycles. The summed E-state index contributed by atoms with van der Waals surface area (Å²) in [6.07, 6.45) is 2.56. The van der Waals surface area contributed by atoms with E-state index in [1.54, 1.807) is 6.92 Å². The second kappa shape index (κ2) is 7.56. The summed E-state index contributed by atoms with van der Waals surface area (Å²) in [5.41, 5.74) is 0. The van der Waals surface area contributed by atoms with Crippen molar-refractivity contribution in [1.29, 1.82) is 0 Å². The molecule has 0 aromatic rings. The minimum atomic E-state index is -0.668. The summed E-state index contributed by atoms with van der Waals surface area (Å²) < 4.78 is 14.4. The summed E-state index contributed by atoms with van der Waals surface area (Å²) in [5.74, 6) is -1.56. The van der Waals surface area contributed by atoms with E-state index in [1.165, 1.54) is 0 Å². The Bertz CT molecular complexity index is 362. The highest BCUT2D eigenvalue weighted by Gasteiger charge is 2.26. The Morgan fingerprint density at radius 2 is 2.32 bits per heavy atom. The van der Waals surface area contributed by atoms with Gasteiger partial charge >= 0.3 is 17.9 Å². The highest BCUT2D eigenvalue weighted by atomic mass is 16.6. The van der Waals surface area contributed by atoms with Crippen LogP contribution in [0.15, 0.2) is 12.7 Å². The molecule has 6 heteroatoms. The molecule has 106 valence electrons. The van der Waals surface area contributed by atoms with Crippen LogP contribution in [0.2, 0.25) is 0 Å². The van der Waals surface area contributed by atoms with E-state index in [-0.39, 0.29) is 18.0 Å². The van der Waals surface area contributed by atoms with Crippen molar-refractivity contribution in [3.05, 3.63) is 12.7 Å². The molecule has 0 aromatic heterocycles. The van der Waals surface area contributed by atoms with E-state index in [1.807, 2.05) is 0 Å². The van der Waals surface area contributed by atoms with Gasteiger partial charge in [0.1, 0.15) is 0 Å². The molecule has 0 saturated carbocycles. The zero-order valence-electron chi connectivity index (χ0n) is 10.9. The molecule has 19 heavy (non-hydrogen) atoms. The van der Waals surface area contributed by atoms with Gasteiger partial charge in [-0.1, -0.05) is 6.58 Å². The molecule has 0 amide bonds. The van der Waals surface area contributed by atoms with Crippen LogP contribution in [-0.2, 0) is 28.6 Å². The van der Waals surface area contributed by atoms with Crippen molar-refractivity contribution in [3.63, 3.8) is 0 Å². The molecular weight excluding hydrogens is 252 g/mol. The molecule has 1 aliphatic rings. The third kappa shape index (κ3) is 5.54. The fourth-order valence-corrected chi connectivity index (χ4v) is 1.74. The van der Waals surface area contributed by atoms with E-state index in [0.29, 0.717) is 19.4 Å². The van der Waals surface area contributed by atoms with Crippen molar-refractivity contribution < 1.29 is 28.6 Å². The Hall–Kier alpha value is -1.85. The summed E-state index contributed by atoms with van der Waals surface area (Å²) in [5, 5.41) is 0. The average molecular weight is 270 g/mol. The molecule has 6 nitrogen and oxygen atoms in total. The minimum absolute atomic E-state index is 0.0975. The van der Waals surface area contributed by atoms with Crippen molar-refractivity contribution in [2.45, 2.75) is 32.3 Å². The molecule has 1 saturated heterocycles. The number of hydrogen-bond donors (Lipinski definition) is 0. The highest BCUT2D eigenvalue weighted by molar-refractivity contribution is 5.83. The van der Waals surface area contributed by atoms with Gasteiger partial charge in [0.2, 0.25) is 0 Å². The number of ether oxygens (including phenoxy) is 3. The van der Waals surface area contributed by atoms with Gasteiger partial charge in [-0.3, -0.25) is 4.79 Å². The van der Waals surface area contributed by atoms with Gasteiger partial charge in [0, 0.05) is 6.08 Å². The predicted octanol–water partition coefficient (Wildman–Crippen LogP) is 0.991. The summed E-state index contributed by atoms with van der Waals surface area (Å²) >= 11 is 0. The molecule has 0 aromatic carbocycles. The Morgan fingerprint density at radius 1 is 1.58 bits per heavy atom. The third-order valence-electron chi connectivity index (χ3n) is 2.80. The van der Waals surface area contributed by atoms with Crippen molar-refractivity contribution >= 4 is 17.9 Å². The van der Waals surface area contributed by atoms with Crippen LogP contribution in [0.1, 0.15) is 26.2 Å². The first-order valence-corrected chi connectivity index (χ1v) is 6.18. The van der Waals surface area contributed by atoms with Gasteiger partial charge in [0.05, 0.1) is 18.6 Å². The topological polar surface area (TPSA) is 78.9 Å². The Labute approximate surface area is 111 Å². The van der Waals surface area contributed by atoms with E-state index in [4.69, 9.17) is 9.47 Å². The fraction of sp³-hybridized carbons (Fsp3) is 0.615.